The van der Waals surface area contributed by atoms with Gasteiger partial charge in [0.15, 0.2) is 0 Å². The fourth-order valence-corrected chi connectivity index (χ4v) is 3.08. The minimum atomic E-state index is -0.700. The molecule has 2 amide bonds. The minimum absolute atomic E-state index is 0.160. The molecule has 6 nitrogen and oxygen atoms in total. The van der Waals surface area contributed by atoms with Crippen molar-refractivity contribution in [3.63, 3.8) is 0 Å². The molecule has 0 radical (unpaired) electrons. The van der Waals surface area contributed by atoms with Gasteiger partial charge in [0, 0.05) is 31.0 Å². The smallest absolute Gasteiger partial charge is 0.277 e. The number of rotatable bonds is 6. The van der Waals surface area contributed by atoms with E-state index in [0.717, 1.165) is 16.2 Å². The third-order valence-electron chi connectivity index (χ3n) is 4.59. The number of hydrogen-bond donors (Lipinski definition) is 1. The summed E-state index contributed by atoms with van der Waals surface area (Å²) in [5, 5.41) is 9.76. The van der Waals surface area contributed by atoms with Crippen LogP contribution in [0.15, 0.2) is 96.7 Å². The van der Waals surface area contributed by atoms with Crippen LogP contribution in [0, 0.1) is 11.3 Å². The number of nitrogen functional groups attached to an aromatic ring is 1. The number of carbonyl (C=O) groups excluding carboxylic acids is 2. The molecule has 31 heavy (non-hydrogen) atoms. The molecule has 0 bridgehead atoms. The van der Waals surface area contributed by atoms with Gasteiger partial charge in [0.05, 0.1) is 5.69 Å². The van der Waals surface area contributed by atoms with Crippen LogP contribution in [0.3, 0.4) is 0 Å². The monoisotopic (exact) mass is 410 g/mol. The second-order valence-electron chi connectivity index (χ2n) is 6.85. The molecule has 0 unspecified atom stereocenters. The number of para-hydroxylation sites is 1. The zero-order valence-corrected chi connectivity index (χ0v) is 17.1. The van der Waals surface area contributed by atoms with E-state index in [-0.39, 0.29) is 5.57 Å². The highest BCUT2D eigenvalue weighted by atomic mass is 16.2. The Balaban J connectivity index is 2.00. The number of imide groups is 1. The maximum absolute atomic E-state index is 13.2. The molecule has 0 atom stereocenters. The summed E-state index contributed by atoms with van der Waals surface area (Å²) in [5.41, 5.74) is 8.23. The Morgan fingerprint density at radius 3 is 2.03 bits per heavy atom. The molecule has 0 spiro atoms. The molecule has 2 N–H and O–H groups in total. The summed E-state index contributed by atoms with van der Waals surface area (Å²) in [6, 6.07) is 27.4. The average molecular weight is 410 g/mol. The number of carbonyl (C=O) groups is 2. The number of amides is 2. The first-order valence-electron chi connectivity index (χ1n) is 9.67. The van der Waals surface area contributed by atoms with Crippen molar-refractivity contribution in [3.05, 3.63) is 102 Å². The summed E-state index contributed by atoms with van der Waals surface area (Å²) >= 11 is 0. The topological polar surface area (TPSA) is 90.4 Å². The first-order chi connectivity index (χ1) is 15.0. The summed E-state index contributed by atoms with van der Waals surface area (Å²) in [7, 11) is 0. The van der Waals surface area contributed by atoms with Crippen LogP contribution in [0.2, 0.25) is 0 Å². The second kappa shape index (κ2) is 9.90. The normalized spacial score (nSPS) is 10.8. The predicted octanol–water partition coefficient (Wildman–Crippen LogP) is 4.26. The Morgan fingerprint density at radius 2 is 1.48 bits per heavy atom. The van der Waals surface area contributed by atoms with Gasteiger partial charge in [0.2, 0.25) is 5.91 Å². The van der Waals surface area contributed by atoms with Crippen LogP contribution in [0.25, 0.3) is 0 Å². The molecule has 0 heterocycles. The molecular weight excluding hydrogens is 388 g/mol. The Kier molecular flexibility index (Phi) is 6.82. The molecule has 0 aliphatic heterocycles. The first-order valence-corrected chi connectivity index (χ1v) is 9.67. The van der Waals surface area contributed by atoms with Gasteiger partial charge in [-0.2, -0.15) is 5.26 Å². The number of benzene rings is 3. The van der Waals surface area contributed by atoms with Crippen LogP contribution in [-0.2, 0) is 16.1 Å². The van der Waals surface area contributed by atoms with Crippen LogP contribution < -0.4 is 15.5 Å². The summed E-state index contributed by atoms with van der Waals surface area (Å²) in [4.78, 5) is 28.2. The van der Waals surface area contributed by atoms with Gasteiger partial charge in [-0.05, 0) is 42.0 Å². The van der Waals surface area contributed by atoms with Crippen molar-refractivity contribution >= 4 is 28.9 Å². The van der Waals surface area contributed by atoms with E-state index in [1.165, 1.54) is 13.1 Å². The SMILES string of the molecule is CC(=O)N(C(=O)/C(C#N)=C\N(Cc1ccccc1)c1ccccc1)c1ccc(N)cc1. The van der Waals surface area contributed by atoms with Crippen molar-refractivity contribution in [3.8, 4) is 6.07 Å². The number of nitrogens with two attached hydrogens (primary N) is 1. The van der Waals surface area contributed by atoms with E-state index in [0.29, 0.717) is 17.9 Å². The maximum Gasteiger partial charge on any atom is 0.277 e. The zero-order chi connectivity index (χ0) is 22.2. The maximum atomic E-state index is 13.2. The minimum Gasteiger partial charge on any atom is -0.399 e. The Hall–Kier alpha value is -4.37. The molecule has 0 fully saturated rings. The molecule has 3 aromatic carbocycles. The van der Waals surface area contributed by atoms with Crippen molar-refractivity contribution in [2.75, 3.05) is 15.5 Å². The van der Waals surface area contributed by atoms with E-state index in [2.05, 4.69) is 0 Å². The van der Waals surface area contributed by atoms with Gasteiger partial charge in [-0.25, -0.2) is 4.90 Å². The van der Waals surface area contributed by atoms with Gasteiger partial charge >= 0.3 is 0 Å². The highest BCUT2D eigenvalue weighted by molar-refractivity contribution is 6.21. The molecule has 0 saturated carbocycles. The quantitative estimate of drug-likeness (QED) is 0.372. The molecule has 3 rings (SSSR count). The van der Waals surface area contributed by atoms with Crippen molar-refractivity contribution < 1.29 is 9.59 Å². The van der Waals surface area contributed by atoms with Crippen molar-refractivity contribution in [2.45, 2.75) is 13.5 Å². The van der Waals surface area contributed by atoms with E-state index >= 15 is 0 Å². The van der Waals surface area contributed by atoms with Crippen molar-refractivity contribution in [1.29, 1.82) is 5.26 Å². The molecular formula is C25H22N4O2. The third kappa shape index (κ3) is 5.37. The highest BCUT2D eigenvalue weighted by Gasteiger charge is 2.25. The predicted molar refractivity (Wildman–Crippen MR) is 122 cm³/mol. The van der Waals surface area contributed by atoms with E-state index < -0.39 is 11.8 Å². The summed E-state index contributed by atoms with van der Waals surface area (Å²) in [6.07, 6.45) is 1.48. The van der Waals surface area contributed by atoms with Crippen LogP contribution in [0.4, 0.5) is 17.1 Å². The summed E-state index contributed by atoms with van der Waals surface area (Å²) in [5.74, 6) is -1.20. The summed E-state index contributed by atoms with van der Waals surface area (Å²) in [6.45, 7) is 1.73. The van der Waals surface area contributed by atoms with Gasteiger partial charge in [0.25, 0.3) is 5.91 Å². The fourth-order valence-electron chi connectivity index (χ4n) is 3.08. The molecule has 6 heteroatoms. The van der Waals surface area contributed by atoms with Crippen LogP contribution in [0.5, 0.6) is 0 Å². The Morgan fingerprint density at radius 1 is 0.903 bits per heavy atom. The van der Waals surface area contributed by atoms with E-state index in [4.69, 9.17) is 5.73 Å². The molecule has 154 valence electrons. The molecule has 0 saturated heterocycles. The van der Waals surface area contributed by atoms with Crippen molar-refractivity contribution in [2.24, 2.45) is 0 Å². The van der Waals surface area contributed by atoms with Crippen LogP contribution >= 0.6 is 0 Å². The lowest BCUT2D eigenvalue weighted by Gasteiger charge is -2.23. The van der Waals surface area contributed by atoms with E-state index in [1.807, 2.05) is 71.6 Å². The zero-order valence-electron chi connectivity index (χ0n) is 17.1. The molecule has 0 aliphatic rings. The summed E-state index contributed by atoms with van der Waals surface area (Å²) < 4.78 is 0. The number of nitriles is 1. The lowest BCUT2D eigenvalue weighted by atomic mass is 10.1. The van der Waals surface area contributed by atoms with Gasteiger partial charge in [-0.3, -0.25) is 9.59 Å². The number of nitrogens with zero attached hydrogens (tertiary/aromatic N) is 3. The van der Waals surface area contributed by atoms with E-state index in [9.17, 15) is 14.9 Å². The highest BCUT2D eigenvalue weighted by Crippen LogP contribution is 2.22. The molecule has 0 aromatic heterocycles. The first kappa shape index (κ1) is 21.3. The number of hydrogen-bond acceptors (Lipinski definition) is 5. The molecule has 3 aromatic rings. The van der Waals surface area contributed by atoms with Gasteiger partial charge in [-0.15, -0.1) is 0 Å². The van der Waals surface area contributed by atoms with Gasteiger partial charge in [-0.1, -0.05) is 48.5 Å². The van der Waals surface area contributed by atoms with E-state index in [1.54, 1.807) is 24.3 Å². The standard InChI is InChI=1S/C25H22N4O2/c1-19(30)29(24-14-12-22(27)13-15-24)25(31)21(16-26)18-28(23-10-6-3-7-11-23)17-20-8-4-2-5-9-20/h2-15,18H,17,27H2,1H3/b21-18-. The Labute approximate surface area is 181 Å². The fraction of sp³-hybridized carbons (Fsp3) is 0.0800. The lowest BCUT2D eigenvalue weighted by Crippen LogP contribution is -2.36. The van der Waals surface area contributed by atoms with Gasteiger partial charge < -0.3 is 10.6 Å². The van der Waals surface area contributed by atoms with Gasteiger partial charge in [0.1, 0.15) is 11.6 Å². The second-order valence-corrected chi connectivity index (χ2v) is 6.85. The average Bonchev–Trinajstić information content (AvgIpc) is 2.79. The lowest BCUT2D eigenvalue weighted by molar-refractivity contribution is -0.123. The number of anilines is 3. The van der Waals surface area contributed by atoms with Crippen molar-refractivity contribution in [1.82, 2.24) is 0 Å². The molecule has 0 aliphatic carbocycles. The van der Waals surface area contributed by atoms with Crippen LogP contribution in [0.1, 0.15) is 12.5 Å². The largest absolute Gasteiger partial charge is 0.399 e. The van der Waals surface area contributed by atoms with Crippen LogP contribution in [-0.4, -0.2) is 11.8 Å². The Bertz CT molecular complexity index is 1120. The third-order valence-corrected chi connectivity index (χ3v) is 4.59.